The largest absolute Gasteiger partial charge is 0.366 e. The summed E-state index contributed by atoms with van der Waals surface area (Å²) in [5, 5.41) is 13.5. The van der Waals surface area contributed by atoms with Crippen molar-refractivity contribution in [3.05, 3.63) is 22.6 Å². The van der Waals surface area contributed by atoms with Crippen molar-refractivity contribution in [2.45, 2.75) is 25.8 Å². The predicted molar refractivity (Wildman–Crippen MR) is 65.0 cm³/mol. The number of hydrogen-bond donors (Lipinski definition) is 3. The van der Waals surface area contributed by atoms with Crippen LogP contribution < -0.4 is 16.7 Å². The summed E-state index contributed by atoms with van der Waals surface area (Å²) in [6.07, 6.45) is 1.93. The van der Waals surface area contributed by atoms with Crippen LogP contribution >= 0.6 is 0 Å². The van der Waals surface area contributed by atoms with Crippen LogP contribution in [0.5, 0.6) is 0 Å². The third-order valence-corrected chi connectivity index (χ3v) is 2.51. The van der Waals surface area contributed by atoms with Crippen LogP contribution in [-0.2, 0) is 0 Å². The summed E-state index contributed by atoms with van der Waals surface area (Å²) in [7, 11) is 0. The number of rotatable bonds is 5. The third kappa shape index (κ3) is 2.62. The van der Waals surface area contributed by atoms with Crippen molar-refractivity contribution in [3.8, 4) is 0 Å². The van der Waals surface area contributed by atoms with E-state index in [2.05, 4.69) is 27.5 Å². The number of nitrogens with one attached hydrogen (secondary N) is 2. The number of aromatic amines is 1. The number of aromatic nitrogens is 4. The van der Waals surface area contributed by atoms with Gasteiger partial charge in [-0.2, -0.15) is 9.61 Å². The Hall–Kier alpha value is -1.89. The van der Waals surface area contributed by atoms with E-state index >= 15 is 0 Å². The van der Waals surface area contributed by atoms with Gasteiger partial charge in [0.05, 0.1) is 0 Å². The zero-order valence-electron chi connectivity index (χ0n) is 9.68. The smallest absolute Gasteiger partial charge is 0.364 e. The molecule has 0 aromatic carbocycles. The van der Waals surface area contributed by atoms with Crippen molar-refractivity contribution in [2.24, 2.45) is 5.73 Å². The van der Waals surface area contributed by atoms with Gasteiger partial charge in [-0.1, -0.05) is 0 Å². The Labute approximate surface area is 98.0 Å². The molecule has 0 aliphatic heterocycles. The van der Waals surface area contributed by atoms with E-state index in [-0.39, 0.29) is 11.7 Å². The van der Waals surface area contributed by atoms with E-state index in [0.717, 1.165) is 12.8 Å². The van der Waals surface area contributed by atoms with Gasteiger partial charge in [0, 0.05) is 6.04 Å². The Bertz CT molecular complexity index is 545. The van der Waals surface area contributed by atoms with E-state index in [0.29, 0.717) is 18.0 Å². The van der Waals surface area contributed by atoms with Crippen LogP contribution in [0.4, 0.5) is 5.82 Å². The normalized spacial score (nSPS) is 12.8. The molecule has 0 fully saturated rings. The van der Waals surface area contributed by atoms with Gasteiger partial charge in [-0.05, 0) is 38.4 Å². The second-order valence-corrected chi connectivity index (χ2v) is 3.99. The molecular formula is C10H16N6O. The van der Waals surface area contributed by atoms with E-state index in [1.165, 1.54) is 4.52 Å². The van der Waals surface area contributed by atoms with Gasteiger partial charge >= 0.3 is 5.69 Å². The number of hydrogen-bond acceptors (Lipinski definition) is 5. The van der Waals surface area contributed by atoms with Gasteiger partial charge in [0.15, 0.2) is 5.65 Å². The number of nitrogens with zero attached hydrogens (tertiary/aromatic N) is 3. The van der Waals surface area contributed by atoms with Crippen molar-refractivity contribution >= 4 is 11.5 Å². The van der Waals surface area contributed by atoms with Crippen molar-refractivity contribution in [1.29, 1.82) is 0 Å². The zero-order chi connectivity index (χ0) is 12.3. The first-order valence-corrected chi connectivity index (χ1v) is 5.62. The molecule has 2 aromatic rings. The topological polar surface area (TPSA) is 101 Å². The van der Waals surface area contributed by atoms with E-state index in [1.54, 1.807) is 12.1 Å². The second-order valence-electron chi connectivity index (χ2n) is 3.99. The summed E-state index contributed by atoms with van der Waals surface area (Å²) in [5.41, 5.74) is 5.62. The molecule has 2 aromatic heterocycles. The first-order valence-electron chi connectivity index (χ1n) is 5.62. The maximum Gasteiger partial charge on any atom is 0.364 e. The minimum Gasteiger partial charge on any atom is -0.366 e. The molecule has 4 N–H and O–H groups in total. The lowest BCUT2D eigenvalue weighted by atomic mass is 10.2. The first kappa shape index (κ1) is 11.6. The van der Waals surface area contributed by atoms with Crippen LogP contribution in [0.1, 0.15) is 19.8 Å². The highest BCUT2D eigenvalue weighted by molar-refractivity contribution is 5.43. The molecule has 0 radical (unpaired) electrons. The zero-order valence-corrected chi connectivity index (χ0v) is 9.68. The molecule has 0 aliphatic rings. The Morgan fingerprint density at radius 2 is 2.41 bits per heavy atom. The van der Waals surface area contributed by atoms with Crippen LogP contribution in [0.3, 0.4) is 0 Å². The highest BCUT2D eigenvalue weighted by Gasteiger charge is 2.05. The van der Waals surface area contributed by atoms with Gasteiger partial charge < -0.3 is 11.1 Å². The van der Waals surface area contributed by atoms with Crippen molar-refractivity contribution in [3.63, 3.8) is 0 Å². The Balaban J connectivity index is 2.13. The number of fused-ring (bicyclic) bond motifs is 1. The molecule has 17 heavy (non-hydrogen) atoms. The van der Waals surface area contributed by atoms with Crippen LogP contribution in [0.15, 0.2) is 16.9 Å². The molecule has 1 unspecified atom stereocenters. The SMILES string of the molecule is CC(CCCN)Nc1ccc2n[nH]c(=O)n2n1. The minimum absolute atomic E-state index is 0.270. The minimum atomic E-state index is -0.335. The van der Waals surface area contributed by atoms with Crippen molar-refractivity contribution < 1.29 is 0 Å². The fourth-order valence-electron chi connectivity index (χ4n) is 1.63. The Morgan fingerprint density at radius 1 is 1.59 bits per heavy atom. The molecule has 0 spiro atoms. The highest BCUT2D eigenvalue weighted by Crippen LogP contribution is 2.07. The Morgan fingerprint density at radius 3 is 3.18 bits per heavy atom. The molecule has 2 heterocycles. The lowest BCUT2D eigenvalue weighted by Crippen LogP contribution is -2.20. The monoisotopic (exact) mass is 236 g/mol. The van der Waals surface area contributed by atoms with E-state index in [4.69, 9.17) is 5.73 Å². The van der Waals surface area contributed by atoms with Crippen LogP contribution in [-0.4, -0.2) is 32.4 Å². The number of anilines is 1. The fraction of sp³-hybridized carbons (Fsp3) is 0.500. The summed E-state index contributed by atoms with van der Waals surface area (Å²) in [4.78, 5) is 11.3. The van der Waals surface area contributed by atoms with Crippen LogP contribution in [0.2, 0.25) is 0 Å². The van der Waals surface area contributed by atoms with E-state index in [9.17, 15) is 4.79 Å². The van der Waals surface area contributed by atoms with Gasteiger partial charge in [0.2, 0.25) is 0 Å². The standard InChI is InChI=1S/C10H16N6O/c1-7(3-2-6-11)12-8-4-5-9-13-14-10(17)16(9)15-8/h4-5,7H,2-3,6,11H2,1H3,(H,12,15)(H,14,17). The molecule has 0 aliphatic carbocycles. The average molecular weight is 236 g/mol. The summed E-state index contributed by atoms with van der Waals surface area (Å²) in [6.45, 7) is 2.74. The summed E-state index contributed by atoms with van der Waals surface area (Å²) < 4.78 is 1.23. The number of H-pyrrole nitrogens is 1. The van der Waals surface area contributed by atoms with Gasteiger partial charge in [0.1, 0.15) is 5.82 Å². The molecule has 7 heteroatoms. The predicted octanol–water partition coefficient (Wildman–Crippen LogP) is -0.0431. The van der Waals surface area contributed by atoms with Gasteiger partial charge in [-0.15, -0.1) is 5.10 Å². The average Bonchev–Trinajstić information content (AvgIpc) is 2.68. The summed E-state index contributed by atoms with van der Waals surface area (Å²) in [5.74, 6) is 0.658. The van der Waals surface area contributed by atoms with Gasteiger partial charge in [-0.25, -0.2) is 9.89 Å². The highest BCUT2D eigenvalue weighted by atomic mass is 16.2. The molecule has 1 atom stereocenters. The molecule has 0 saturated heterocycles. The summed E-state index contributed by atoms with van der Waals surface area (Å²) >= 11 is 0. The molecule has 0 saturated carbocycles. The molecule has 7 nitrogen and oxygen atoms in total. The van der Waals surface area contributed by atoms with Crippen molar-refractivity contribution in [2.75, 3.05) is 11.9 Å². The third-order valence-electron chi connectivity index (χ3n) is 2.51. The molecule has 92 valence electrons. The van der Waals surface area contributed by atoms with Gasteiger partial charge in [-0.3, -0.25) is 0 Å². The molecule has 2 rings (SSSR count). The molecule has 0 amide bonds. The van der Waals surface area contributed by atoms with Gasteiger partial charge in [0.25, 0.3) is 0 Å². The molecule has 0 bridgehead atoms. The first-order chi connectivity index (χ1) is 8.20. The molecular weight excluding hydrogens is 220 g/mol. The lowest BCUT2D eigenvalue weighted by molar-refractivity contribution is 0.658. The summed E-state index contributed by atoms with van der Waals surface area (Å²) in [6, 6.07) is 3.81. The van der Waals surface area contributed by atoms with E-state index < -0.39 is 0 Å². The quantitative estimate of drug-likeness (QED) is 0.676. The maximum absolute atomic E-state index is 11.3. The number of nitrogens with two attached hydrogens (primary N) is 1. The van der Waals surface area contributed by atoms with Crippen molar-refractivity contribution in [1.82, 2.24) is 19.8 Å². The maximum atomic E-state index is 11.3. The van der Waals surface area contributed by atoms with Crippen LogP contribution in [0, 0.1) is 0 Å². The lowest BCUT2D eigenvalue weighted by Gasteiger charge is -2.13. The second kappa shape index (κ2) is 4.96. The fourth-order valence-corrected chi connectivity index (χ4v) is 1.63. The Kier molecular flexibility index (Phi) is 3.38. The van der Waals surface area contributed by atoms with E-state index in [1.807, 2.05) is 0 Å². The van der Waals surface area contributed by atoms with Crippen LogP contribution in [0.25, 0.3) is 5.65 Å².